The standard InChI is InChI=1S/C13H14ClN3O/c1-9-11(14)4-3-5-12(9)15-8-10-6-7-13(18-2)17-16-10/h3-7,15H,8H2,1-2H3. The highest BCUT2D eigenvalue weighted by Crippen LogP contribution is 2.23. The smallest absolute Gasteiger partial charge is 0.233 e. The Bertz CT molecular complexity index is 528. The minimum atomic E-state index is 0.512. The van der Waals surface area contributed by atoms with Gasteiger partial charge in [-0.1, -0.05) is 17.7 Å². The third-order valence-corrected chi connectivity index (χ3v) is 3.04. The normalized spacial score (nSPS) is 10.2. The van der Waals surface area contributed by atoms with Gasteiger partial charge in [-0.3, -0.25) is 0 Å². The van der Waals surface area contributed by atoms with Gasteiger partial charge in [-0.05, 0) is 30.7 Å². The summed E-state index contributed by atoms with van der Waals surface area (Å²) in [6.45, 7) is 2.57. The van der Waals surface area contributed by atoms with Gasteiger partial charge in [0.2, 0.25) is 5.88 Å². The molecule has 94 valence electrons. The van der Waals surface area contributed by atoms with Crippen LogP contribution < -0.4 is 10.1 Å². The van der Waals surface area contributed by atoms with Crippen LogP contribution in [0.3, 0.4) is 0 Å². The highest BCUT2D eigenvalue weighted by molar-refractivity contribution is 6.31. The fraction of sp³-hybridized carbons (Fsp3) is 0.231. The summed E-state index contributed by atoms with van der Waals surface area (Å²) >= 11 is 6.05. The third kappa shape index (κ3) is 2.90. The first kappa shape index (κ1) is 12.6. The van der Waals surface area contributed by atoms with Crippen molar-refractivity contribution in [2.24, 2.45) is 0 Å². The summed E-state index contributed by atoms with van der Waals surface area (Å²) in [5.74, 6) is 0.512. The summed E-state index contributed by atoms with van der Waals surface area (Å²) in [6, 6.07) is 9.43. The Balaban J connectivity index is 2.04. The number of nitrogens with zero attached hydrogens (tertiary/aromatic N) is 2. The van der Waals surface area contributed by atoms with E-state index < -0.39 is 0 Å². The quantitative estimate of drug-likeness (QED) is 0.921. The van der Waals surface area contributed by atoms with Crippen LogP contribution in [0, 0.1) is 6.92 Å². The summed E-state index contributed by atoms with van der Waals surface area (Å²) in [4.78, 5) is 0. The molecule has 2 aromatic rings. The van der Waals surface area contributed by atoms with Crippen molar-refractivity contribution in [1.29, 1.82) is 0 Å². The highest BCUT2D eigenvalue weighted by atomic mass is 35.5. The van der Waals surface area contributed by atoms with E-state index in [1.807, 2.05) is 31.2 Å². The maximum absolute atomic E-state index is 6.05. The molecule has 1 N–H and O–H groups in total. The predicted octanol–water partition coefficient (Wildman–Crippen LogP) is 3.06. The Morgan fingerprint density at radius 1 is 1.22 bits per heavy atom. The number of aromatic nitrogens is 2. The fourth-order valence-corrected chi connectivity index (χ4v) is 1.71. The van der Waals surface area contributed by atoms with Crippen LogP contribution in [0.2, 0.25) is 5.02 Å². The molecule has 5 heteroatoms. The molecule has 0 bridgehead atoms. The van der Waals surface area contributed by atoms with Crippen molar-refractivity contribution in [1.82, 2.24) is 10.2 Å². The van der Waals surface area contributed by atoms with Crippen molar-refractivity contribution in [3.8, 4) is 5.88 Å². The molecule has 18 heavy (non-hydrogen) atoms. The van der Waals surface area contributed by atoms with Gasteiger partial charge in [0.15, 0.2) is 0 Å². The van der Waals surface area contributed by atoms with E-state index in [9.17, 15) is 0 Å². The van der Waals surface area contributed by atoms with Gasteiger partial charge in [-0.15, -0.1) is 5.10 Å². The second kappa shape index (κ2) is 5.69. The predicted molar refractivity (Wildman–Crippen MR) is 72.1 cm³/mol. The first-order chi connectivity index (χ1) is 8.70. The van der Waals surface area contributed by atoms with E-state index in [1.54, 1.807) is 13.2 Å². The first-order valence-electron chi connectivity index (χ1n) is 5.56. The summed E-state index contributed by atoms with van der Waals surface area (Å²) in [6.07, 6.45) is 0. The number of halogens is 1. The topological polar surface area (TPSA) is 47.0 Å². The maximum Gasteiger partial charge on any atom is 0.233 e. The lowest BCUT2D eigenvalue weighted by Gasteiger charge is -2.09. The van der Waals surface area contributed by atoms with E-state index in [2.05, 4.69) is 15.5 Å². The molecular formula is C13H14ClN3O. The average molecular weight is 264 g/mol. The van der Waals surface area contributed by atoms with Crippen molar-refractivity contribution in [3.05, 3.63) is 46.6 Å². The summed E-state index contributed by atoms with van der Waals surface area (Å²) in [7, 11) is 1.57. The van der Waals surface area contributed by atoms with Gasteiger partial charge in [0.1, 0.15) is 0 Å². The zero-order valence-electron chi connectivity index (χ0n) is 10.3. The number of hydrogen-bond donors (Lipinski definition) is 1. The van der Waals surface area contributed by atoms with E-state index in [4.69, 9.17) is 16.3 Å². The van der Waals surface area contributed by atoms with Crippen molar-refractivity contribution in [2.45, 2.75) is 13.5 Å². The van der Waals surface area contributed by atoms with Gasteiger partial charge >= 0.3 is 0 Å². The molecule has 0 aliphatic heterocycles. The molecule has 2 rings (SSSR count). The van der Waals surface area contributed by atoms with E-state index in [1.165, 1.54) is 0 Å². The van der Waals surface area contributed by atoms with Crippen LogP contribution in [0.4, 0.5) is 5.69 Å². The molecule has 0 spiro atoms. The number of ether oxygens (including phenoxy) is 1. The van der Waals surface area contributed by atoms with Gasteiger partial charge < -0.3 is 10.1 Å². The number of anilines is 1. The van der Waals surface area contributed by atoms with Crippen molar-refractivity contribution in [2.75, 3.05) is 12.4 Å². The molecule has 1 heterocycles. The minimum Gasteiger partial charge on any atom is -0.480 e. The highest BCUT2D eigenvalue weighted by Gasteiger charge is 2.02. The minimum absolute atomic E-state index is 0.512. The van der Waals surface area contributed by atoms with Gasteiger partial charge in [0.25, 0.3) is 0 Å². The van der Waals surface area contributed by atoms with Crippen LogP contribution in [0.1, 0.15) is 11.3 Å². The van der Waals surface area contributed by atoms with E-state index >= 15 is 0 Å². The number of benzene rings is 1. The van der Waals surface area contributed by atoms with Crippen molar-refractivity contribution < 1.29 is 4.74 Å². The molecule has 1 aromatic heterocycles. The van der Waals surface area contributed by atoms with Crippen molar-refractivity contribution in [3.63, 3.8) is 0 Å². The van der Waals surface area contributed by atoms with E-state index in [0.29, 0.717) is 12.4 Å². The Labute approximate surface area is 111 Å². The zero-order chi connectivity index (χ0) is 13.0. The van der Waals surface area contributed by atoms with Gasteiger partial charge in [0, 0.05) is 16.8 Å². The lowest BCUT2D eigenvalue weighted by atomic mass is 10.2. The Morgan fingerprint density at radius 2 is 2.06 bits per heavy atom. The summed E-state index contributed by atoms with van der Waals surface area (Å²) in [5, 5.41) is 12.0. The van der Waals surface area contributed by atoms with E-state index in [-0.39, 0.29) is 0 Å². The molecule has 4 nitrogen and oxygen atoms in total. The Morgan fingerprint density at radius 3 is 2.72 bits per heavy atom. The van der Waals surface area contributed by atoms with Crippen LogP contribution in [0.25, 0.3) is 0 Å². The maximum atomic E-state index is 6.05. The van der Waals surface area contributed by atoms with Gasteiger partial charge in [-0.25, -0.2) is 0 Å². The second-order valence-electron chi connectivity index (χ2n) is 3.83. The van der Waals surface area contributed by atoms with Crippen LogP contribution in [-0.4, -0.2) is 17.3 Å². The average Bonchev–Trinajstić information content (AvgIpc) is 2.41. The van der Waals surface area contributed by atoms with Crippen LogP contribution in [-0.2, 0) is 6.54 Å². The number of nitrogens with one attached hydrogen (secondary N) is 1. The lowest BCUT2D eigenvalue weighted by molar-refractivity contribution is 0.391. The summed E-state index contributed by atoms with van der Waals surface area (Å²) < 4.78 is 4.96. The fourth-order valence-electron chi connectivity index (χ4n) is 1.54. The largest absolute Gasteiger partial charge is 0.480 e. The number of rotatable bonds is 4. The lowest BCUT2D eigenvalue weighted by Crippen LogP contribution is -2.04. The molecule has 0 amide bonds. The van der Waals surface area contributed by atoms with Gasteiger partial charge in [0.05, 0.1) is 19.3 Å². The Hall–Kier alpha value is -1.81. The van der Waals surface area contributed by atoms with Crippen molar-refractivity contribution >= 4 is 17.3 Å². The van der Waals surface area contributed by atoms with E-state index in [0.717, 1.165) is 22.0 Å². The second-order valence-corrected chi connectivity index (χ2v) is 4.24. The summed E-state index contributed by atoms with van der Waals surface area (Å²) in [5.41, 5.74) is 2.87. The molecule has 0 fully saturated rings. The third-order valence-electron chi connectivity index (χ3n) is 2.63. The monoisotopic (exact) mass is 263 g/mol. The molecule has 0 aliphatic carbocycles. The van der Waals surface area contributed by atoms with Crippen LogP contribution in [0.15, 0.2) is 30.3 Å². The van der Waals surface area contributed by atoms with Gasteiger partial charge in [-0.2, -0.15) is 5.10 Å². The molecule has 0 saturated carbocycles. The molecule has 0 aliphatic rings. The number of hydrogen-bond acceptors (Lipinski definition) is 4. The first-order valence-corrected chi connectivity index (χ1v) is 5.94. The molecule has 0 atom stereocenters. The van der Waals surface area contributed by atoms with Crippen LogP contribution >= 0.6 is 11.6 Å². The van der Waals surface area contributed by atoms with Crippen LogP contribution in [0.5, 0.6) is 5.88 Å². The molecule has 0 unspecified atom stereocenters. The Kier molecular flexibility index (Phi) is 3.99. The molecular weight excluding hydrogens is 250 g/mol. The number of methoxy groups -OCH3 is 1. The molecule has 1 aromatic carbocycles. The molecule has 0 radical (unpaired) electrons. The molecule has 0 saturated heterocycles. The SMILES string of the molecule is COc1ccc(CNc2cccc(Cl)c2C)nn1. The zero-order valence-corrected chi connectivity index (χ0v) is 11.0.